The molecule has 1 N–H and O–H groups in total. The van der Waals surface area contributed by atoms with Gasteiger partial charge in [-0.3, -0.25) is 0 Å². The first-order chi connectivity index (χ1) is 14.8. The van der Waals surface area contributed by atoms with E-state index >= 15 is 0 Å². The Kier molecular flexibility index (Phi) is 4.70. The third kappa shape index (κ3) is 3.02. The molecule has 0 heterocycles. The molecule has 0 bridgehead atoms. The number of benzene rings is 5. The van der Waals surface area contributed by atoms with Crippen molar-refractivity contribution < 1.29 is 9.84 Å². The number of aliphatic hydroxyl groups is 1. The molecule has 0 aliphatic heterocycles. The Balaban J connectivity index is 1.88. The molecule has 0 aliphatic carbocycles. The minimum Gasteiger partial charge on any atom is -0.497 e. The summed E-state index contributed by atoms with van der Waals surface area (Å²) in [5, 5.41) is 14.3. The van der Waals surface area contributed by atoms with Crippen LogP contribution >= 0.6 is 0 Å². The van der Waals surface area contributed by atoms with E-state index in [1.807, 2.05) is 24.3 Å². The van der Waals surface area contributed by atoms with Gasteiger partial charge in [0.1, 0.15) is 5.75 Å². The minimum atomic E-state index is 0.0538. The lowest BCUT2D eigenvalue weighted by Gasteiger charge is -2.18. The van der Waals surface area contributed by atoms with Gasteiger partial charge in [0, 0.05) is 0 Å². The maximum absolute atomic E-state index is 9.43. The van der Waals surface area contributed by atoms with Crippen LogP contribution in [-0.4, -0.2) is 12.2 Å². The fraction of sp³-hybridized carbons (Fsp3) is 0.0714. The second-order valence-electron chi connectivity index (χ2n) is 7.42. The van der Waals surface area contributed by atoms with E-state index < -0.39 is 0 Å². The second-order valence-corrected chi connectivity index (χ2v) is 7.42. The Bertz CT molecular complexity index is 1170. The highest BCUT2D eigenvalue weighted by Gasteiger charge is 2.16. The number of fused-ring (bicyclic) bond motifs is 2. The third-order valence-corrected chi connectivity index (χ3v) is 5.74. The van der Waals surface area contributed by atoms with Crippen molar-refractivity contribution in [3.63, 3.8) is 0 Å². The van der Waals surface area contributed by atoms with Gasteiger partial charge in [-0.2, -0.15) is 0 Å². The second kappa shape index (κ2) is 7.66. The van der Waals surface area contributed by atoms with Gasteiger partial charge in [-0.15, -0.1) is 0 Å². The number of hydrogen-bond acceptors (Lipinski definition) is 2. The van der Waals surface area contributed by atoms with E-state index in [1.54, 1.807) is 7.11 Å². The van der Waals surface area contributed by atoms with Gasteiger partial charge in [-0.1, -0.05) is 84.9 Å². The van der Waals surface area contributed by atoms with Crippen LogP contribution in [0.5, 0.6) is 5.75 Å². The topological polar surface area (TPSA) is 29.5 Å². The first-order valence-corrected chi connectivity index (χ1v) is 10.1. The zero-order chi connectivity index (χ0) is 20.5. The number of aliphatic hydroxyl groups excluding tert-OH is 1. The predicted molar refractivity (Wildman–Crippen MR) is 125 cm³/mol. The smallest absolute Gasteiger partial charge is 0.118 e. The molecule has 0 aromatic heterocycles. The number of rotatable bonds is 4. The highest BCUT2D eigenvalue weighted by Crippen LogP contribution is 2.43. The first kappa shape index (κ1) is 18.4. The molecular formula is C28H22O2. The van der Waals surface area contributed by atoms with Crippen LogP contribution in [0.15, 0.2) is 97.1 Å². The van der Waals surface area contributed by atoms with Gasteiger partial charge in [0.2, 0.25) is 0 Å². The predicted octanol–water partition coefficient (Wildman–Crippen LogP) is 6.83. The SMILES string of the molecule is COc1ccc(-c2c3ccccc3c(-c3ccc(CO)cc3)c3ccccc23)cc1. The maximum atomic E-state index is 9.43. The van der Waals surface area contributed by atoms with Crippen molar-refractivity contribution in [1.82, 2.24) is 0 Å². The minimum absolute atomic E-state index is 0.0538. The summed E-state index contributed by atoms with van der Waals surface area (Å²) in [5.74, 6) is 0.855. The molecule has 0 atom stereocenters. The van der Waals surface area contributed by atoms with E-state index in [0.717, 1.165) is 16.9 Å². The van der Waals surface area contributed by atoms with E-state index in [2.05, 4.69) is 72.8 Å². The lowest BCUT2D eigenvalue weighted by Crippen LogP contribution is -1.91. The lowest BCUT2D eigenvalue weighted by molar-refractivity contribution is 0.282. The van der Waals surface area contributed by atoms with Crippen molar-refractivity contribution in [2.24, 2.45) is 0 Å². The molecule has 0 saturated carbocycles. The van der Waals surface area contributed by atoms with Gasteiger partial charge in [-0.25, -0.2) is 0 Å². The molecule has 2 heteroatoms. The van der Waals surface area contributed by atoms with Crippen LogP contribution in [0.25, 0.3) is 43.8 Å². The summed E-state index contributed by atoms with van der Waals surface area (Å²) in [6, 6.07) is 33.7. The molecule has 146 valence electrons. The summed E-state index contributed by atoms with van der Waals surface area (Å²) >= 11 is 0. The quantitative estimate of drug-likeness (QED) is 0.341. The molecule has 0 spiro atoms. The highest BCUT2D eigenvalue weighted by molar-refractivity contribution is 6.21. The average Bonchev–Trinajstić information content (AvgIpc) is 2.82. The maximum Gasteiger partial charge on any atom is 0.118 e. The zero-order valence-corrected chi connectivity index (χ0v) is 16.8. The Morgan fingerprint density at radius 3 is 1.33 bits per heavy atom. The molecule has 0 aliphatic rings. The van der Waals surface area contributed by atoms with E-state index in [4.69, 9.17) is 4.74 Å². The van der Waals surface area contributed by atoms with Crippen LogP contribution in [0.1, 0.15) is 5.56 Å². The van der Waals surface area contributed by atoms with Gasteiger partial charge in [0.15, 0.2) is 0 Å². The summed E-state index contributed by atoms with van der Waals surface area (Å²) in [5.41, 5.74) is 5.70. The molecule has 0 amide bonds. The van der Waals surface area contributed by atoms with Gasteiger partial charge >= 0.3 is 0 Å². The molecule has 2 nitrogen and oxygen atoms in total. The Hall–Kier alpha value is -3.62. The molecule has 0 saturated heterocycles. The molecule has 0 radical (unpaired) electrons. The van der Waals surface area contributed by atoms with Crippen molar-refractivity contribution in [3.8, 4) is 28.0 Å². The van der Waals surface area contributed by atoms with Crippen molar-refractivity contribution in [1.29, 1.82) is 0 Å². The fourth-order valence-corrected chi connectivity index (χ4v) is 4.28. The van der Waals surface area contributed by atoms with Crippen molar-refractivity contribution >= 4 is 21.5 Å². The molecule has 0 unspecified atom stereocenters. The van der Waals surface area contributed by atoms with Crippen LogP contribution < -0.4 is 4.74 Å². The van der Waals surface area contributed by atoms with Crippen molar-refractivity contribution in [2.75, 3.05) is 7.11 Å². The highest BCUT2D eigenvalue weighted by atomic mass is 16.5. The van der Waals surface area contributed by atoms with Gasteiger partial charge in [0.05, 0.1) is 13.7 Å². The normalized spacial score (nSPS) is 11.1. The molecule has 5 rings (SSSR count). The zero-order valence-electron chi connectivity index (χ0n) is 16.8. The Morgan fingerprint density at radius 2 is 0.967 bits per heavy atom. The van der Waals surface area contributed by atoms with Gasteiger partial charge in [-0.05, 0) is 61.5 Å². The molecular weight excluding hydrogens is 368 g/mol. The molecule has 0 fully saturated rings. The average molecular weight is 390 g/mol. The van der Waals surface area contributed by atoms with Crippen LogP contribution in [0.4, 0.5) is 0 Å². The van der Waals surface area contributed by atoms with Crippen LogP contribution in [-0.2, 0) is 6.61 Å². The summed E-state index contributed by atoms with van der Waals surface area (Å²) in [6.45, 7) is 0.0538. The third-order valence-electron chi connectivity index (χ3n) is 5.74. The Labute approximate surface area is 176 Å². The van der Waals surface area contributed by atoms with Gasteiger partial charge < -0.3 is 9.84 Å². The number of ether oxygens (including phenoxy) is 1. The monoisotopic (exact) mass is 390 g/mol. The van der Waals surface area contributed by atoms with Crippen LogP contribution in [0.3, 0.4) is 0 Å². The van der Waals surface area contributed by atoms with Crippen molar-refractivity contribution in [3.05, 3.63) is 103 Å². The Morgan fingerprint density at radius 1 is 0.567 bits per heavy atom. The summed E-state index contributed by atoms with van der Waals surface area (Å²) in [4.78, 5) is 0. The first-order valence-electron chi connectivity index (χ1n) is 10.1. The lowest BCUT2D eigenvalue weighted by atomic mass is 9.86. The summed E-state index contributed by atoms with van der Waals surface area (Å²) in [7, 11) is 1.69. The van der Waals surface area contributed by atoms with E-state index in [9.17, 15) is 5.11 Å². The summed E-state index contributed by atoms with van der Waals surface area (Å²) < 4.78 is 5.36. The molecule has 30 heavy (non-hydrogen) atoms. The standard InChI is InChI=1S/C28H22O2/c1-30-22-16-14-21(15-17-22)28-25-8-4-2-6-23(25)27(24-7-3-5-9-26(24)28)20-12-10-19(18-29)11-13-20/h2-17,29H,18H2,1H3. The number of hydrogen-bond donors (Lipinski definition) is 1. The van der Waals surface area contributed by atoms with E-state index in [-0.39, 0.29) is 6.61 Å². The van der Waals surface area contributed by atoms with Gasteiger partial charge in [0.25, 0.3) is 0 Å². The van der Waals surface area contributed by atoms with Crippen molar-refractivity contribution in [2.45, 2.75) is 6.61 Å². The fourth-order valence-electron chi connectivity index (χ4n) is 4.28. The largest absolute Gasteiger partial charge is 0.497 e. The number of methoxy groups -OCH3 is 1. The molecule has 5 aromatic rings. The van der Waals surface area contributed by atoms with E-state index in [0.29, 0.717) is 0 Å². The van der Waals surface area contributed by atoms with E-state index in [1.165, 1.54) is 38.2 Å². The summed E-state index contributed by atoms with van der Waals surface area (Å²) in [6.07, 6.45) is 0. The van der Waals surface area contributed by atoms with Crippen LogP contribution in [0.2, 0.25) is 0 Å². The molecule has 5 aromatic carbocycles. The van der Waals surface area contributed by atoms with Crippen LogP contribution in [0, 0.1) is 0 Å².